The Bertz CT molecular complexity index is 380. The highest BCUT2D eigenvalue weighted by Crippen LogP contribution is 2.25. The summed E-state index contributed by atoms with van der Waals surface area (Å²) in [7, 11) is 0. The Morgan fingerprint density at radius 2 is 2.00 bits per heavy atom. The predicted molar refractivity (Wildman–Crippen MR) is 75.6 cm³/mol. The molecule has 0 spiro atoms. The predicted octanol–water partition coefficient (Wildman–Crippen LogP) is 3.04. The molecular weight excluding hydrogens is 222 g/mol. The Kier molecular flexibility index (Phi) is 4.41. The van der Waals surface area contributed by atoms with Crippen LogP contribution < -0.4 is 0 Å². The first-order valence-electron chi connectivity index (χ1n) is 7.05. The summed E-state index contributed by atoms with van der Waals surface area (Å²) in [6, 6.07) is 7.08. The summed E-state index contributed by atoms with van der Waals surface area (Å²) in [6.07, 6.45) is 3.22. The third-order valence-corrected chi connectivity index (χ3v) is 4.12. The lowest BCUT2D eigenvalue weighted by molar-refractivity contribution is 0.130. The van der Waals surface area contributed by atoms with Crippen LogP contribution in [0.15, 0.2) is 18.2 Å². The van der Waals surface area contributed by atoms with E-state index in [-0.39, 0.29) is 6.10 Å². The number of aliphatic hydroxyl groups excluding tert-OH is 1. The van der Waals surface area contributed by atoms with Gasteiger partial charge in [-0.15, -0.1) is 0 Å². The van der Waals surface area contributed by atoms with Crippen molar-refractivity contribution >= 4 is 0 Å². The van der Waals surface area contributed by atoms with E-state index in [4.69, 9.17) is 0 Å². The van der Waals surface area contributed by atoms with Gasteiger partial charge >= 0.3 is 0 Å². The van der Waals surface area contributed by atoms with Crippen LogP contribution in [0.1, 0.15) is 42.9 Å². The summed E-state index contributed by atoms with van der Waals surface area (Å²) in [5.41, 5.74) is 4.24. The molecule has 2 heteroatoms. The van der Waals surface area contributed by atoms with Crippen molar-refractivity contribution in [3.8, 4) is 0 Å². The highest BCUT2D eigenvalue weighted by Gasteiger charge is 2.26. The molecule has 0 saturated carbocycles. The van der Waals surface area contributed by atoms with Crippen molar-refractivity contribution in [2.45, 2.75) is 58.7 Å². The average Bonchev–Trinajstić information content (AvgIpc) is 2.70. The smallest absolute Gasteiger partial charge is 0.0527 e. The van der Waals surface area contributed by atoms with Crippen LogP contribution in [-0.4, -0.2) is 28.7 Å². The number of nitrogens with zero attached hydrogens (tertiary/aromatic N) is 1. The number of likely N-dealkylation sites (tertiary alicyclic amines) is 1. The zero-order valence-corrected chi connectivity index (χ0v) is 11.8. The molecule has 2 atom stereocenters. The molecule has 0 aliphatic carbocycles. The van der Waals surface area contributed by atoms with E-state index in [9.17, 15) is 5.11 Å². The van der Waals surface area contributed by atoms with Crippen LogP contribution in [0.3, 0.4) is 0 Å². The Balaban J connectivity index is 2.08. The van der Waals surface area contributed by atoms with Gasteiger partial charge in [-0.1, -0.05) is 18.2 Å². The van der Waals surface area contributed by atoms with E-state index >= 15 is 0 Å². The summed E-state index contributed by atoms with van der Waals surface area (Å²) in [4.78, 5) is 2.54. The monoisotopic (exact) mass is 247 g/mol. The maximum atomic E-state index is 9.58. The summed E-state index contributed by atoms with van der Waals surface area (Å²) < 4.78 is 0. The molecule has 1 fully saturated rings. The van der Waals surface area contributed by atoms with E-state index in [1.54, 1.807) is 0 Å². The fourth-order valence-corrected chi connectivity index (χ4v) is 3.07. The van der Waals surface area contributed by atoms with Gasteiger partial charge in [0.05, 0.1) is 6.10 Å². The minimum Gasteiger partial charge on any atom is -0.393 e. The molecule has 2 rings (SSSR count). The van der Waals surface area contributed by atoms with Gasteiger partial charge in [-0.05, 0) is 63.3 Å². The number of aliphatic hydroxyl groups is 1. The molecule has 2 unspecified atom stereocenters. The SMILES string of the molecule is Cc1cccc(C)c1CN1CCCC1CC(C)O. The van der Waals surface area contributed by atoms with Crippen LogP contribution in [-0.2, 0) is 6.54 Å². The Morgan fingerprint density at radius 3 is 2.61 bits per heavy atom. The van der Waals surface area contributed by atoms with E-state index in [2.05, 4.69) is 36.9 Å². The molecule has 0 radical (unpaired) electrons. The number of hydrogen-bond donors (Lipinski definition) is 1. The van der Waals surface area contributed by atoms with Crippen LogP contribution in [0.2, 0.25) is 0 Å². The standard InChI is InChI=1S/C16H25NO/c1-12-6-4-7-13(2)16(12)11-17-9-5-8-15(17)10-14(3)18/h4,6-7,14-15,18H,5,8-11H2,1-3H3. The van der Waals surface area contributed by atoms with Crippen molar-refractivity contribution in [3.63, 3.8) is 0 Å². The first-order chi connectivity index (χ1) is 8.58. The largest absolute Gasteiger partial charge is 0.393 e. The molecule has 18 heavy (non-hydrogen) atoms. The molecule has 1 aliphatic heterocycles. The van der Waals surface area contributed by atoms with Gasteiger partial charge in [-0.3, -0.25) is 4.90 Å². The number of aryl methyl sites for hydroxylation is 2. The molecule has 1 N–H and O–H groups in total. The first-order valence-corrected chi connectivity index (χ1v) is 7.05. The number of hydrogen-bond acceptors (Lipinski definition) is 2. The second kappa shape index (κ2) is 5.85. The van der Waals surface area contributed by atoms with Crippen molar-refractivity contribution in [2.75, 3.05) is 6.54 Å². The molecular formula is C16H25NO. The average molecular weight is 247 g/mol. The molecule has 0 aromatic heterocycles. The highest BCUT2D eigenvalue weighted by atomic mass is 16.3. The molecule has 1 saturated heterocycles. The molecule has 1 aromatic rings. The fraction of sp³-hybridized carbons (Fsp3) is 0.625. The summed E-state index contributed by atoms with van der Waals surface area (Å²) in [5, 5.41) is 9.58. The van der Waals surface area contributed by atoms with Gasteiger partial charge in [-0.25, -0.2) is 0 Å². The van der Waals surface area contributed by atoms with Crippen molar-refractivity contribution < 1.29 is 5.11 Å². The van der Waals surface area contributed by atoms with E-state index in [0.29, 0.717) is 6.04 Å². The highest BCUT2D eigenvalue weighted by molar-refractivity contribution is 5.33. The second-order valence-corrected chi connectivity index (χ2v) is 5.72. The topological polar surface area (TPSA) is 23.5 Å². The Morgan fingerprint density at radius 1 is 1.33 bits per heavy atom. The van der Waals surface area contributed by atoms with Gasteiger partial charge in [-0.2, -0.15) is 0 Å². The van der Waals surface area contributed by atoms with Gasteiger partial charge in [0.2, 0.25) is 0 Å². The molecule has 0 bridgehead atoms. The van der Waals surface area contributed by atoms with E-state index < -0.39 is 0 Å². The van der Waals surface area contributed by atoms with E-state index in [1.807, 2.05) is 6.92 Å². The van der Waals surface area contributed by atoms with Crippen LogP contribution in [0.25, 0.3) is 0 Å². The summed E-state index contributed by atoms with van der Waals surface area (Å²) in [5.74, 6) is 0. The van der Waals surface area contributed by atoms with Crippen LogP contribution in [0.5, 0.6) is 0 Å². The zero-order chi connectivity index (χ0) is 13.1. The van der Waals surface area contributed by atoms with Crippen LogP contribution >= 0.6 is 0 Å². The van der Waals surface area contributed by atoms with Crippen molar-refractivity contribution in [1.29, 1.82) is 0 Å². The number of rotatable bonds is 4. The first kappa shape index (κ1) is 13.6. The maximum Gasteiger partial charge on any atom is 0.0527 e. The van der Waals surface area contributed by atoms with Gasteiger partial charge < -0.3 is 5.11 Å². The van der Waals surface area contributed by atoms with Crippen molar-refractivity contribution in [2.24, 2.45) is 0 Å². The lowest BCUT2D eigenvalue weighted by Crippen LogP contribution is -2.31. The number of benzene rings is 1. The zero-order valence-electron chi connectivity index (χ0n) is 11.8. The Hall–Kier alpha value is -0.860. The quantitative estimate of drug-likeness (QED) is 0.884. The van der Waals surface area contributed by atoms with Crippen molar-refractivity contribution in [3.05, 3.63) is 34.9 Å². The van der Waals surface area contributed by atoms with E-state index in [0.717, 1.165) is 13.0 Å². The Labute approximate surface area is 111 Å². The van der Waals surface area contributed by atoms with Gasteiger partial charge in [0.15, 0.2) is 0 Å². The normalized spacial score (nSPS) is 22.3. The molecule has 2 nitrogen and oxygen atoms in total. The van der Waals surface area contributed by atoms with Crippen molar-refractivity contribution in [1.82, 2.24) is 4.90 Å². The second-order valence-electron chi connectivity index (χ2n) is 5.72. The molecule has 0 amide bonds. The fourth-order valence-electron chi connectivity index (χ4n) is 3.07. The summed E-state index contributed by atoms with van der Waals surface area (Å²) >= 11 is 0. The molecule has 1 aromatic carbocycles. The van der Waals surface area contributed by atoms with Crippen LogP contribution in [0.4, 0.5) is 0 Å². The molecule has 1 heterocycles. The minimum absolute atomic E-state index is 0.187. The lowest BCUT2D eigenvalue weighted by atomic mass is 10.0. The van der Waals surface area contributed by atoms with E-state index in [1.165, 1.54) is 36.1 Å². The molecule has 100 valence electrons. The molecule has 1 aliphatic rings. The minimum atomic E-state index is -0.187. The summed E-state index contributed by atoms with van der Waals surface area (Å²) in [6.45, 7) is 8.50. The van der Waals surface area contributed by atoms with Gasteiger partial charge in [0, 0.05) is 12.6 Å². The van der Waals surface area contributed by atoms with Gasteiger partial charge in [0.25, 0.3) is 0 Å². The van der Waals surface area contributed by atoms with Gasteiger partial charge in [0.1, 0.15) is 0 Å². The lowest BCUT2D eigenvalue weighted by Gasteiger charge is -2.27. The third-order valence-electron chi connectivity index (χ3n) is 4.12. The third kappa shape index (κ3) is 3.12. The maximum absolute atomic E-state index is 9.58. The van der Waals surface area contributed by atoms with Crippen LogP contribution in [0, 0.1) is 13.8 Å².